The lowest BCUT2D eigenvalue weighted by molar-refractivity contribution is 0.0697. The molecule has 4 rings (SSSR count). The third-order valence-electron chi connectivity index (χ3n) is 4.60. The molecule has 2 amide bonds. The summed E-state index contributed by atoms with van der Waals surface area (Å²) in [6, 6.07) is 19.1. The first-order chi connectivity index (χ1) is 15.5. The molecule has 9 nitrogen and oxygen atoms in total. The lowest BCUT2D eigenvalue weighted by Gasteiger charge is -2.08. The molecule has 0 unspecified atom stereocenters. The standard InChI is InChI=1S/C23H14N4O5/c24-12-13-6-8-18(17(10-13)23(30)31)26-22(29)20-16-11-15(7-9-19(16)27-32-20)25-21(28)14-4-2-1-3-5-14/h1-11H,(H,25,28)(H,26,29)(H,30,31). The first kappa shape index (κ1) is 20.3. The summed E-state index contributed by atoms with van der Waals surface area (Å²) in [5, 5.41) is 27.7. The highest BCUT2D eigenvalue weighted by atomic mass is 16.5. The van der Waals surface area contributed by atoms with Gasteiger partial charge in [0.1, 0.15) is 5.52 Å². The minimum atomic E-state index is -1.30. The van der Waals surface area contributed by atoms with E-state index < -0.39 is 11.9 Å². The fraction of sp³-hybridized carbons (Fsp3) is 0. The number of fused-ring (bicyclic) bond motifs is 1. The van der Waals surface area contributed by atoms with E-state index in [1.807, 2.05) is 6.07 Å². The zero-order chi connectivity index (χ0) is 22.7. The van der Waals surface area contributed by atoms with Crippen LogP contribution in [-0.2, 0) is 0 Å². The predicted molar refractivity (Wildman–Crippen MR) is 114 cm³/mol. The van der Waals surface area contributed by atoms with Crippen molar-refractivity contribution < 1.29 is 24.0 Å². The van der Waals surface area contributed by atoms with Crippen LogP contribution >= 0.6 is 0 Å². The van der Waals surface area contributed by atoms with Crippen molar-refractivity contribution in [2.45, 2.75) is 0 Å². The number of aromatic carboxylic acids is 1. The highest BCUT2D eigenvalue weighted by molar-refractivity contribution is 6.13. The zero-order valence-corrected chi connectivity index (χ0v) is 16.3. The maximum absolute atomic E-state index is 12.8. The molecule has 32 heavy (non-hydrogen) atoms. The van der Waals surface area contributed by atoms with Crippen LogP contribution in [-0.4, -0.2) is 28.0 Å². The molecular weight excluding hydrogens is 412 g/mol. The number of anilines is 2. The van der Waals surface area contributed by atoms with E-state index in [2.05, 4.69) is 15.8 Å². The molecule has 0 radical (unpaired) electrons. The van der Waals surface area contributed by atoms with Crippen molar-refractivity contribution in [1.82, 2.24) is 5.16 Å². The number of carboxylic acids is 1. The number of hydrogen-bond acceptors (Lipinski definition) is 6. The summed E-state index contributed by atoms with van der Waals surface area (Å²) in [6.45, 7) is 0. The Balaban J connectivity index is 1.62. The normalized spacial score (nSPS) is 10.3. The zero-order valence-electron chi connectivity index (χ0n) is 16.3. The summed E-state index contributed by atoms with van der Waals surface area (Å²) in [5.41, 5.74) is 1.18. The number of amides is 2. The fourth-order valence-corrected chi connectivity index (χ4v) is 3.05. The van der Waals surface area contributed by atoms with Crippen LogP contribution < -0.4 is 10.6 Å². The Hall–Kier alpha value is -4.97. The Morgan fingerprint density at radius 3 is 2.44 bits per heavy atom. The lowest BCUT2D eigenvalue weighted by atomic mass is 10.1. The Kier molecular flexibility index (Phi) is 5.34. The smallest absolute Gasteiger partial charge is 0.337 e. The first-order valence-electron chi connectivity index (χ1n) is 9.31. The van der Waals surface area contributed by atoms with Crippen LogP contribution in [0.1, 0.15) is 36.8 Å². The monoisotopic (exact) mass is 426 g/mol. The van der Waals surface area contributed by atoms with Gasteiger partial charge in [0.15, 0.2) is 0 Å². The summed E-state index contributed by atoms with van der Waals surface area (Å²) < 4.78 is 5.16. The lowest BCUT2D eigenvalue weighted by Crippen LogP contribution is -2.15. The molecule has 0 spiro atoms. The van der Waals surface area contributed by atoms with Gasteiger partial charge < -0.3 is 20.3 Å². The van der Waals surface area contributed by atoms with Crippen molar-refractivity contribution in [3.05, 3.63) is 89.2 Å². The van der Waals surface area contributed by atoms with Crippen molar-refractivity contribution in [2.24, 2.45) is 0 Å². The van der Waals surface area contributed by atoms with Gasteiger partial charge in [0.2, 0.25) is 5.76 Å². The van der Waals surface area contributed by atoms with Gasteiger partial charge in [-0.15, -0.1) is 0 Å². The van der Waals surface area contributed by atoms with Crippen molar-refractivity contribution in [3.63, 3.8) is 0 Å². The number of carbonyl (C=O) groups is 3. The van der Waals surface area contributed by atoms with E-state index in [-0.39, 0.29) is 28.5 Å². The summed E-state index contributed by atoms with van der Waals surface area (Å²) in [7, 11) is 0. The third-order valence-corrected chi connectivity index (χ3v) is 4.60. The average Bonchev–Trinajstić information content (AvgIpc) is 3.23. The molecule has 1 aromatic heterocycles. The van der Waals surface area contributed by atoms with Gasteiger partial charge in [-0.25, -0.2) is 4.79 Å². The molecule has 0 saturated carbocycles. The van der Waals surface area contributed by atoms with Gasteiger partial charge in [-0.1, -0.05) is 23.4 Å². The molecule has 0 aliphatic rings. The van der Waals surface area contributed by atoms with Crippen LogP contribution in [0.5, 0.6) is 0 Å². The van der Waals surface area contributed by atoms with E-state index in [1.54, 1.807) is 48.5 Å². The van der Waals surface area contributed by atoms with E-state index in [0.717, 1.165) is 6.07 Å². The first-order valence-corrected chi connectivity index (χ1v) is 9.31. The van der Waals surface area contributed by atoms with E-state index in [9.17, 15) is 19.5 Å². The number of nitrogens with one attached hydrogen (secondary N) is 2. The Labute approximate surface area is 180 Å². The number of nitrogens with zero attached hydrogens (tertiary/aromatic N) is 2. The van der Waals surface area contributed by atoms with E-state index >= 15 is 0 Å². The second kappa shape index (κ2) is 8.41. The quantitative estimate of drug-likeness (QED) is 0.439. The number of carboxylic acid groups (broad SMARTS) is 1. The molecule has 3 aromatic carbocycles. The van der Waals surface area contributed by atoms with E-state index in [4.69, 9.17) is 9.78 Å². The van der Waals surface area contributed by atoms with Crippen LogP contribution in [0.3, 0.4) is 0 Å². The largest absolute Gasteiger partial charge is 0.478 e. The maximum Gasteiger partial charge on any atom is 0.337 e. The van der Waals surface area contributed by atoms with Crippen molar-refractivity contribution in [1.29, 1.82) is 5.26 Å². The van der Waals surface area contributed by atoms with Crippen LogP contribution in [0.25, 0.3) is 10.9 Å². The topological polar surface area (TPSA) is 145 Å². The van der Waals surface area contributed by atoms with Gasteiger partial charge in [0, 0.05) is 11.3 Å². The highest BCUT2D eigenvalue weighted by Gasteiger charge is 2.20. The molecule has 1 heterocycles. The minimum absolute atomic E-state index is 0.000384. The molecule has 4 aromatic rings. The molecule has 0 aliphatic carbocycles. The molecule has 3 N–H and O–H groups in total. The van der Waals surface area contributed by atoms with Gasteiger partial charge in [-0.3, -0.25) is 9.59 Å². The Morgan fingerprint density at radius 1 is 0.938 bits per heavy atom. The summed E-state index contributed by atoms with van der Waals surface area (Å²) in [5.74, 6) is -2.51. The number of aromatic nitrogens is 1. The van der Waals surface area contributed by atoms with Gasteiger partial charge in [-0.2, -0.15) is 5.26 Å². The van der Waals surface area contributed by atoms with Gasteiger partial charge >= 0.3 is 5.97 Å². The van der Waals surface area contributed by atoms with Crippen molar-refractivity contribution >= 4 is 40.1 Å². The number of nitriles is 1. The van der Waals surface area contributed by atoms with Crippen molar-refractivity contribution in [3.8, 4) is 6.07 Å². The second-order valence-electron chi connectivity index (χ2n) is 6.70. The van der Waals surface area contributed by atoms with E-state index in [0.29, 0.717) is 22.2 Å². The molecule has 156 valence electrons. The molecule has 0 fully saturated rings. The predicted octanol–water partition coefficient (Wildman–Crippen LogP) is 3.90. The number of rotatable bonds is 5. The summed E-state index contributed by atoms with van der Waals surface area (Å²) in [4.78, 5) is 36.7. The fourth-order valence-electron chi connectivity index (χ4n) is 3.05. The molecule has 0 atom stereocenters. The van der Waals surface area contributed by atoms with Gasteiger partial charge in [0.05, 0.1) is 28.3 Å². The van der Waals surface area contributed by atoms with Crippen molar-refractivity contribution in [2.75, 3.05) is 10.6 Å². The maximum atomic E-state index is 12.8. The molecule has 9 heteroatoms. The van der Waals surface area contributed by atoms with Gasteiger partial charge in [0.25, 0.3) is 11.8 Å². The van der Waals surface area contributed by atoms with Crippen LogP contribution in [0, 0.1) is 11.3 Å². The Morgan fingerprint density at radius 2 is 1.72 bits per heavy atom. The molecule has 0 bridgehead atoms. The molecule has 0 saturated heterocycles. The highest BCUT2D eigenvalue weighted by Crippen LogP contribution is 2.25. The SMILES string of the molecule is N#Cc1ccc(NC(=O)c2onc3ccc(NC(=O)c4ccccc4)cc23)c(C(=O)O)c1. The van der Waals surface area contributed by atoms with Crippen LogP contribution in [0.2, 0.25) is 0 Å². The van der Waals surface area contributed by atoms with Crippen LogP contribution in [0.15, 0.2) is 71.3 Å². The molecular formula is C23H14N4O5. The average molecular weight is 426 g/mol. The van der Waals surface area contributed by atoms with Crippen LogP contribution in [0.4, 0.5) is 11.4 Å². The second-order valence-corrected chi connectivity index (χ2v) is 6.70. The third kappa shape index (κ3) is 4.01. The van der Waals surface area contributed by atoms with E-state index in [1.165, 1.54) is 12.1 Å². The van der Waals surface area contributed by atoms with Gasteiger partial charge in [-0.05, 0) is 48.5 Å². The number of benzene rings is 3. The number of hydrogen-bond donors (Lipinski definition) is 3. The summed E-state index contributed by atoms with van der Waals surface area (Å²) >= 11 is 0. The Bertz CT molecular complexity index is 1400. The number of carbonyl (C=O) groups excluding carboxylic acids is 2. The molecule has 0 aliphatic heterocycles. The summed E-state index contributed by atoms with van der Waals surface area (Å²) in [6.07, 6.45) is 0. The minimum Gasteiger partial charge on any atom is -0.478 e.